The molecule has 1 aliphatic carbocycles. The van der Waals surface area contributed by atoms with Crippen LogP contribution in [0.15, 0.2) is 41.5 Å². The van der Waals surface area contributed by atoms with E-state index in [0.29, 0.717) is 19.0 Å². The van der Waals surface area contributed by atoms with Gasteiger partial charge in [-0.15, -0.1) is 24.0 Å². The molecular formula is C23H33IN4O3. The minimum absolute atomic E-state index is 0. The molecule has 1 aromatic heterocycles. The number of pyridine rings is 1. The molecule has 1 fully saturated rings. The average molecular weight is 540 g/mol. The van der Waals surface area contributed by atoms with Gasteiger partial charge in [-0.25, -0.2) is 9.98 Å². The Morgan fingerprint density at radius 1 is 1.06 bits per heavy atom. The Kier molecular flexibility index (Phi) is 10.7. The molecule has 3 rings (SSSR count). The second-order valence-electron chi connectivity index (χ2n) is 7.19. The second kappa shape index (κ2) is 13.2. The molecule has 0 radical (unpaired) electrons. The Hall–Kier alpha value is -2.23. The summed E-state index contributed by atoms with van der Waals surface area (Å²) < 4.78 is 17.2. The maximum atomic E-state index is 6.33. The Bertz CT molecular complexity index is 841. The molecule has 0 unspecified atom stereocenters. The van der Waals surface area contributed by atoms with Gasteiger partial charge >= 0.3 is 0 Å². The van der Waals surface area contributed by atoms with Gasteiger partial charge < -0.3 is 24.8 Å². The summed E-state index contributed by atoms with van der Waals surface area (Å²) in [4.78, 5) is 8.92. The summed E-state index contributed by atoms with van der Waals surface area (Å²) in [6.07, 6.45) is 6.62. The molecule has 1 aliphatic rings. The van der Waals surface area contributed by atoms with Gasteiger partial charge in [-0.1, -0.05) is 18.2 Å². The van der Waals surface area contributed by atoms with Gasteiger partial charge in [0.15, 0.2) is 17.5 Å². The van der Waals surface area contributed by atoms with E-state index in [4.69, 9.17) is 14.2 Å². The fraction of sp³-hybridized carbons (Fsp3) is 0.478. The first-order valence-electron chi connectivity index (χ1n) is 10.6. The van der Waals surface area contributed by atoms with Crippen molar-refractivity contribution in [2.45, 2.75) is 51.8 Å². The Morgan fingerprint density at radius 3 is 2.55 bits per heavy atom. The predicted molar refractivity (Wildman–Crippen MR) is 134 cm³/mol. The number of aromatic nitrogens is 1. The molecule has 0 atom stereocenters. The highest BCUT2D eigenvalue weighted by atomic mass is 127. The lowest BCUT2D eigenvalue weighted by molar-refractivity contribution is 0.198. The highest BCUT2D eigenvalue weighted by molar-refractivity contribution is 14.0. The summed E-state index contributed by atoms with van der Waals surface area (Å²) >= 11 is 0. The SMILES string of the molecule is CCNC(=NCc1cccnc1OC)NCc1cccc(OC)c1OC1CCCC1.I. The van der Waals surface area contributed by atoms with Crippen molar-refractivity contribution in [3.63, 3.8) is 0 Å². The van der Waals surface area contributed by atoms with Crippen molar-refractivity contribution in [2.75, 3.05) is 20.8 Å². The zero-order chi connectivity index (χ0) is 21.2. The van der Waals surface area contributed by atoms with Crippen molar-refractivity contribution in [1.82, 2.24) is 15.6 Å². The number of rotatable bonds is 9. The van der Waals surface area contributed by atoms with Crippen LogP contribution in [0.3, 0.4) is 0 Å². The number of ether oxygens (including phenoxy) is 3. The van der Waals surface area contributed by atoms with Gasteiger partial charge in [-0.05, 0) is 44.7 Å². The standard InChI is InChI=1S/C23H32N4O3.HI/c1-4-24-23(27-16-18-10-8-14-25-22(18)29-3)26-15-17-9-7-13-20(28-2)21(17)30-19-11-5-6-12-19;/h7-10,13-14,19H,4-6,11-12,15-16H2,1-3H3,(H2,24,26,27);1H. The molecule has 1 heterocycles. The number of nitrogens with one attached hydrogen (secondary N) is 2. The van der Waals surface area contributed by atoms with E-state index in [9.17, 15) is 0 Å². The first-order chi connectivity index (χ1) is 14.7. The molecule has 0 bridgehead atoms. The summed E-state index contributed by atoms with van der Waals surface area (Å²) in [7, 11) is 3.30. The summed E-state index contributed by atoms with van der Waals surface area (Å²) in [5.74, 6) is 2.91. The maximum Gasteiger partial charge on any atom is 0.218 e. The molecule has 0 spiro atoms. The van der Waals surface area contributed by atoms with Crippen LogP contribution in [-0.2, 0) is 13.1 Å². The average Bonchev–Trinajstić information content (AvgIpc) is 3.29. The van der Waals surface area contributed by atoms with Gasteiger partial charge in [-0.2, -0.15) is 0 Å². The van der Waals surface area contributed by atoms with E-state index in [1.165, 1.54) is 12.8 Å². The number of benzene rings is 1. The highest BCUT2D eigenvalue weighted by Gasteiger charge is 2.20. The maximum absolute atomic E-state index is 6.33. The zero-order valence-corrected chi connectivity index (χ0v) is 20.8. The normalized spacial score (nSPS) is 14.0. The summed E-state index contributed by atoms with van der Waals surface area (Å²) in [6, 6.07) is 9.85. The minimum Gasteiger partial charge on any atom is -0.493 e. The van der Waals surface area contributed by atoms with Gasteiger partial charge in [0.25, 0.3) is 0 Å². The lowest BCUT2D eigenvalue weighted by atomic mass is 10.1. The quantitative estimate of drug-likeness (QED) is 0.281. The number of hydrogen-bond acceptors (Lipinski definition) is 5. The summed E-state index contributed by atoms with van der Waals surface area (Å²) in [5, 5.41) is 6.69. The molecule has 0 saturated heterocycles. The van der Waals surface area contributed by atoms with Crippen LogP contribution in [0.25, 0.3) is 0 Å². The van der Waals surface area contributed by atoms with Gasteiger partial charge in [0.05, 0.1) is 26.9 Å². The van der Waals surface area contributed by atoms with Crippen molar-refractivity contribution in [3.05, 3.63) is 47.7 Å². The summed E-state index contributed by atoms with van der Waals surface area (Å²) in [6.45, 7) is 3.85. The molecule has 0 amide bonds. The van der Waals surface area contributed by atoms with Crippen molar-refractivity contribution < 1.29 is 14.2 Å². The third-order valence-electron chi connectivity index (χ3n) is 5.11. The predicted octanol–water partition coefficient (Wildman–Crippen LogP) is 4.29. The van der Waals surface area contributed by atoms with E-state index in [2.05, 4.69) is 26.7 Å². The van der Waals surface area contributed by atoms with Crippen LogP contribution in [0.2, 0.25) is 0 Å². The number of methoxy groups -OCH3 is 2. The smallest absolute Gasteiger partial charge is 0.218 e. The van der Waals surface area contributed by atoms with E-state index < -0.39 is 0 Å². The van der Waals surface area contributed by atoms with Gasteiger partial charge in [-0.3, -0.25) is 0 Å². The molecule has 31 heavy (non-hydrogen) atoms. The lowest BCUT2D eigenvalue weighted by Gasteiger charge is -2.20. The topological polar surface area (TPSA) is 77.0 Å². The minimum atomic E-state index is 0. The molecule has 2 aromatic rings. The molecule has 170 valence electrons. The molecular weight excluding hydrogens is 507 g/mol. The van der Waals surface area contributed by atoms with Crippen molar-refractivity contribution >= 4 is 29.9 Å². The van der Waals surface area contributed by atoms with Crippen molar-refractivity contribution in [1.29, 1.82) is 0 Å². The Morgan fingerprint density at radius 2 is 1.84 bits per heavy atom. The number of guanidine groups is 1. The zero-order valence-electron chi connectivity index (χ0n) is 18.5. The third kappa shape index (κ3) is 7.15. The van der Waals surface area contributed by atoms with Crippen molar-refractivity contribution in [3.8, 4) is 17.4 Å². The highest BCUT2D eigenvalue weighted by Crippen LogP contribution is 2.34. The van der Waals surface area contributed by atoms with Gasteiger partial charge in [0.1, 0.15) is 0 Å². The van der Waals surface area contributed by atoms with Crippen LogP contribution in [-0.4, -0.2) is 37.8 Å². The number of hydrogen-bond donors (Lipinski definition) is 2. The van der Waals surface area contributed by atoms with Crippen LogP contribution in [0, 0.1) is 0 Å². The molecule has 1 aromatic carbocycles. The van der Waals surface area contributed by atoms with E-state index >= 15 is 0 Å². The largest absolute Gasteiger partial charge is 0.493 e. The molecule has 7 nitrogen and oxygen atoms in total. The van der Waals surface area contributed by atoms with Crippen LogP contribution >= 0.6 is 24.0 Å². The number of halogens is 1. The van der Waals surface area contributed by atoms with Crippen LogP contribution < -0.4 is 24.8 Å². The van der Waals surface area contributed by atoms with E-state index in [1.54, 1.807) is 20.4 Å². The van der Waals surface area contributed by atoms with Gasteiger partial charge in [0.2, 0.25) is 5.88 Å². The lowest BCUT2D eigenvalue weighted by Crippen LogP contribution is -2.37. The number of nitrogens with zero attached hydrogens (tertiary/aromatic N) is 2. The third-order valence-corrected chi connectivity index (χ3v) is 5.11. The first-order valence-corrected chi connectivity index (χ1v) is 10.6. The molecule has 2 N–H and O–H groups in total. The Labute approximate surface area is 202 Å². The monoisotopic (exact) mass is 540 g/mol. The van der Waals surface area contributed by atoms with Crippen LogP contribution in [0.1, 0.15) is 43.7 Å². The summed E-state index contributed by atoms with van der Waals surface area (Å²) in [5.41, 5.74) is 1.98. The van der Waals surface area contributed by atoms with E-state index in [-0.39, 0.29) is 30.1 Å². The van der Waals surface area contributed by atoms with E-state index in [0.717, 1.165) is 48.0 Å². The second-order valence-corrected chi connectivity index (χ2v) is 7.19. The van der Waals surface area contributed by atoms with Crippen LogP contribution in [0.5, 0.6) is 17.4 Å². The Balaban J connectivity index is 0.00000341. The molecule has 1 saturated carbocycles. The fourth-order valence-corrected chi connectivity index (χ4v) is 3.58. The van der Waals surface area contributed by atoms with Gasteiger partial charge in [0, 0.05) is 30.4 Å². The van der Waals surface area contributed by atoms with E-state index in [1.807, 2.05) is 31.2 Å². The molecule has 0 aliphatic heterocycles. The fourth-order valence-electron chi connectivity index (χ4n) is 3.58. The number of para-hydroxylation sites is 1. The van der Waals surface area contributed by atoms with Crippen LogP contribution in [0.4, 0.5) is 0 Å². The van der Waals surface area contributed by atoms with Crippen molar-refractivity contribution in [2.24, 2.45) is 4.99 Å². The molecule has 8 heteroatoms. The number of aliphatic imine (C=N–C) groups is 1. The first kappa shape index (κ1) is 25.0.